The van der Waals surface area contributed by atoms with Crippen molar-refractivity contribution in [3.63, 3.8) is 0 Å². The van der Waals surface area contributed by atoms with E-state index in [0.29, 0.717) is 23.5 Å². The molecule has 1 fully saturated rings. The lowest BCUT2D eigenvalue weighted by molar-refractivity contribution is -0.148. The van der Waals surface area contributed by atoms with Gasteiger partial charge in [-0.1, -0.05) is 30.3 Å². The van der Waals surface area contributed by atoms with Crippen molar-refractivity contribution in [2.24, 2.45) is 0 Å². The Hall–Kier alpha value is -3.24. The first-order valence-corrected chi connectivity index (χ1v) is 13.2. The Balaban J connectivity index is 1.59. The molecule has 9 nitrogen and oxygen atoms in total. The van der Waals surface area contributed by atoms with E-state index in [1.165, 1.54) is 14.2 Å². The van der Waals surface area contributed by atoms with Crippen LogP contribution in [0.1, 0.15) is 24.5 Å². The Morgan fingerprint density at radius 1 is 1.11 bits per heavy atom. The van der Waals surface area contributed by atoms with Crippen LogP contribution in [0.25, 0.3) is 0 Å². The van der Waals surface area contributed by atoms with E-state index >= 15 is 0 Å². The number of aliphatic hydroxyl groups is 1. The predicted molar refractivity (Wildman–Crippen MR) is 139 cm³/mol. The number of aliphatic hydroxyl groups excluding tert-OH is 1. The van der Waals surface area contributed by atoms with Gasteiger partial charge in [0.1, 0.15) is 29.5 Å². The molecule has 0 spiro atoms. The number of methoxy groups -OCH3 is 2. The van der Waals surface area contributed by atoms with E-state index in [1.54, 1.807) is 31.4 Å². The fourth-order valence-electron chi connectivity index (χ4n) is 4.24. The van der Waals surface area contributed by atoms with Gasteiger partial charge in [0.05, 0.1) is 32.8 Å². The summed E-state index contributed by atoms with van der Waals surface area (Å²) in [6, 6.07) is 14.2. The average molecular weight is 532 g/mol. The third-order valence-corrected chi connectivity index (χ3v) is 7.05. The monoisotopic (exact) mass is 531 g/mol. The molecule has 10 heteroatoms. The zero-order valence-electron chi connectivity index (χ0n) is 21.4. The van der Waals surface area contributed by atoms with E-state index in [1.807, 2.05) is 30.3 Å². The molecule has 2 amide bonds. The molecule has 3 rings (SSSR count). The Morgan fingerprint density at radius 3 is 2.35 bits per heavy atom. The number of imide groups is 1. The number of rotatable bonds is 12. The van der Waals surface area contributed by atoms with Crippen molar-refractivity contribution in [1.82, 2.24) is 4.90 Å². The highest BCUT2D eigenvalue weighted by atomic mass is 32.2. The van der Waals surface area contributed by atoms with Gasteiger partial charge in [-0.2, -0.15) is 0 Å². The Bertz CT molecular complexity index is 1060. The number of cyclic esters (lactones) is 1. The molecule has 2 aromatic rings. The van der Waals surface area contributed by atoms with Crippen molar-refractivity contribution < 1.29 is 38.4 Å². The average Bonchev–Trinajstić information content (AvgIpc) is 3.23. The second-order valence-electron chi connectivity index (χ2n) is 8.79. The maximum atomic E-state index is 13.3. The van der Waals surface area contributed by atoms with Gasteiger partial charge in [-0.3, -0.25) is 9.59 Å². The molecule has 0 unspecified atom stereocenters. The van der Waals surface area contributed by atoms with Crippen LogP contribution in [0.3, 0.4) is 0 Å². The first-order valence-electron chi connectivity index (χ1n) is 11.9. The van der Waals surface area contributed by atoms with E-state index in [9.17, 15) is 19.5 Å². The van der Waals surface area contributed by atoms with Crippen LogP contribution < -0.4 is 9.47 Å². The van der Waals surface area contributed by atoms with Crippen molar-refractivity contribution >= 4 is 29.7 Å². The number of hydrogen-bond donors (Lipinski definition) is 1. The number of hydrogen-bond acceptors (Lipinski definition) is 9. The Kier molecular flexibility index (Phi) is 10.2. The molecule has 1 heterocycles. The summed E-state index contributed by atoms with van der Waals surface area (Å²) >= 11 is 1.14. The van der Waals surface area contributed by atoms with Gasteiger partial charge in [-0.05, 0) is 42.9 Å². The summed E-state index contributed by atoms with van der Waals surface area (Å²) in [6.45, 7) is 1.75. The normalized spacial score (nSPS) is 17.5. The van der Waals surface area contributed by atoms with Crippen molar-refractivity contribution in [2.45, 2.75) is 49.7 Å². The van der Waals surface area contributed by atoms with Crippen molar-refractivity contribution in [2.75, 3.05) is 27.1 Å². The fourth-order valence-corrected chi connectivity index (χ4v) is 4.98. The van der Waals surface area contributed by atoms with Gasteiger partial charge in [-0.25, -0.2) is 9.69 Å². The quantitative estimate of drug-likeness (QED) is 0.413. The zero-order chi connectivity index (χ0) is 26.9. The number of amides is 2. The number of nitrogens with zero attached hydrogens (tertiary/aromatic N) is 1. The van der Waals surface area contributed by atoms with Crippen LogP contribution in [0, 0.1) is 0 Å². The summed E-state index contributed by atoms with van der Waals surface area (Å²) < 4.78 is 21.1. The van der Waals surface area contributed by atoms with E-state index in [4.69, 9.17) is 18.9 Å². The third-order valence-electron chi connectivity index (χ3n) is 6.03. The third kappa shape index (κ3) is 7.62. The second kappa shape index (κ2) is 13.3. The lowest BCUT2D eigenvalue weighted by Gasteiger charge is -2.28. The molecule has 0 aliphatic carbocycles. The number of ether oxygens (including phenoxy) is 4. The molecule has 2 aromatic carbocycles. The maximum Gasteiger partial charge on any atom is 0.417 e. The largest absolute Gasteiger partial charge is 0.497 e. The molecule has 1 aliphatic rings. The smallest absolute Gasteiger partial charge is 0.417 e. The zero-order valence-corrected chi connectivity index (χ0v) is 22.2. The molecule has 1 aliphatic heterocycles. The minimum Gasteiger partial charge on any atom is -0.497 e. The van der Waals surface area contributed by atoms with Crippen LogP contribution in [-0.4, -0.2) is 78.6 Å². The van der Waals surface area contributed by atoms with Gasteiger partial charge in [-0.15, -0.1) is 11.8 Å². The van der Waals surface area contributed by atoms with E-state index in [2.05, 4.69) is 0 Å². The maximum absolute atomic E-state index is 13.3. The molecule has 1 saturated heterocycles. The molecule has 0 saturated carbocycles. The minimum absolute atomic E-state index is 0.0142. The van der Waals surface area contributed by atoms with E-state index in [0.717, 1.165) is 22.2 Å². The first kappa shape index (κ1) is 28.3. The van der Waals surface area contributed by atoms with Crippen LogP contribution in [0.5, 0.6) is 11.5 Å². The predicted octanol–water partition coefficient (Wildman–Crippen LogP) is 3.25. The number of esters is 1. The number of carbonyl (C=O) groups excluding carboxylic acids is 3. The Morgan fingerprint density at radius 2 is 1.76 bits per heavy atom. The molecule has 0 bridgehead atoms. The highest BCUT2D eigenvalue weighted by Gasteiger charge is 2.42. The van der Waals surface area contributed by atoms with Gasteiger partial charge in [0, 0.05) is 12.5 Å². The summed E-state index contributed by atoms with van der Waals surface area (Å²) in [5.74, 6) is 0.0921. The molecule has 1 N–H and O–H groups in total. The van der Waals surface area contributed by atoms with Gasteiger partial charge < -0.3 is 24.1 Å². The summed E-state index contributed by atoms with van der Waals surface area (Å²) in [5.41, 5.74) is 1.63. The van der Waals surface area contributed by atoms with Crippen LogP contribution in [-0.2, 0) is 31.9 Å². The van der Waals surface area contributed by atoms with Crippen LogP contribution in [0.4, 0.5) is 4.79 Å². The van der Waals surface area contributed by atoms with Crippen LogP contribution in [0.2, 0.25) is 0 Å². The van der Waals surface area contributed by atoms with E-state index < -0.39 is 41.5 Å². The lowest BCUT2D eigenvalue weighted by atomic mass is 10.0. The number of carbonyl (C=O) groups is 3. The SMILES string of the molecule is COc1cc(CC(=O)O[C@H](C)C[C@@H](O)[C@H](SC)C(=O)N2C(=O)OC[C@H]2Cc2ccccc2)cc(OC)c1. The van der Waals surface area contributed by atoms with Crippen LogP contribution in [0.15, 0.2) is 48.5 Å². The summed E-state index contributed by atoms with van der Waals surface area (Å²) in [7, 11) is 3.05. The summed E-state index contributed by atoms with van der Waals surface area (Å²) in [6.07, 6.45) is -0.372. The lowest BCUT2D eigenvalue weighted by Crippen LogP contribution is -2.48. The minimum atomic E-state index is -1.15. The van der Waals surface area contributed by atoms with Gasteiger partial charge in [0.25, 0.3) is 0 Å². The fraction of sp³-hybridized carbons (Fsp3) is 0.444. The highest BCUT2D eigenvalue weighted by molar-refractivity contribution is 8.00. The Labute approximate surface area is 221 Å². The molecular weight excluding hydrogens is 498 g/mol. The van der Waals surface area contributed by atoms with Gasteiger partial charge >= 0.3 is 12.1 Å². The number of thioether (sulfide) groups is 1. The molecular formula is C27H33NO8S. The van der Waals surface area contributed by atoms with E-state index in [-0.39, 0.29) is 19.4 Å². The summed E-state index contributed by atoms with van der Waals surface area (Å²) in [4.78, 5) is 39.3. The topological polar surface area (TPSA) is 112 Å². The first-order chi connectivity index (χ1) is 17.7. The molecule has 200 valence electrons. The number of benzene rings is 2. The molecule has 0 aromatic heterocycles. The highest BCUT2D eigenvalue weighted by Crippen LogP contribution is 2.26. The molecule has 0 radical (unpaired) electrons. The van der Waals surface area contributed by atoms with Crippen molar-refractivity contribution in [1.29, 1.82) is 0 Å². The molecule has 4 atom stereocenters. The van der Waals surface area contributed by atoms with Crippen LogP contribution >= 0.6 is 11.8 Å². The van der Waals surface area contributed by atoms with Gasteiger partial charge in [0.2, 0.25) is 5.91 Å². The standard InChI is InChI=1S/C27H33NO8S/c1-17(36-24(30)14-19-12-21(33-2)15-22(13-19)34-3)10-23(29)25(37-4)26(31)28-20(16-35-27(28)32)11-18-8-6-5-7-9-18/h5-9,12-13,15,17,20,23,25,29H,10-11,14,16H2,1-4H3/t17-,20-,23-,25+/m1/s1. The van der Waals surface area contributed by atoms with Gasteiger partial charge in [0.15, 0.2) is 0 Å². The second-order valence-corrected chi connectivity index (χ2v) is 9.77. The molecule has 37 heavy (non-hydrogen) atoms. The van der Waals surface area contributed by atoms with Crippen molar-refractivity contribution in [3.05, 3.63) is 59.7 Å². The summed E-state index contributed by atoms with van der Waals surface area (Å²) in [5, 5.41) is 9.94. The van der Waals surface area contributed by atoms with Crippen molar-refractivity contribution in [3.8, 4) is 11.5 Å².